The van der Waals surface area contributed by atoms with Crippen molar-refractivity contribution >= 4 is 46.4 Å². The molecule has 0 atom stereocenters. The average Bonchev–Trinajstić information content (AvgIpc) is 3.02. The highest BCUT2D eigenvalue weighted by atomic mass is 35.5. The number of nitrogens with one attached hydrogen (secondary N) is 2. The minimum Gasteiger partial charge on any atom is -0.318 e. The Bertz CT molecular complexity index is 824. The average molecular weight is 358 g/mol. The molecule has 6 nitrogen and oxygen atoms in total. The summed E-state index contributed by atoms with van der Waals surface area (Å²) in [6, 6.07) is 13.5. The minimum atomic E-state index is -0.834. The quantitative estimate of drug-likeness (QED) is 0.829. The molecule has 2 N–H and O–H groups in total. The van der Waals surface area contributed by atoms with Crippen molar-refractivity contribution < 1.29 is 14.4 Å². The van der Waals surface area contributed by atoms with E-state index in [1.165, 1.54) is 6.07 Å². The van der Waals surface area contributed by atoms with Crippen LogP contribution in [0.1, 0.15) is 12.8 Å². The number of anilines is 3. The molecule has 0 spiro atoms. The zero-order chi connectivity index (χ0) is 17.8. The zero-order valence-corrected chi connectivity index (χ0v) is 14.0. The van der Waals surface area contributed by atoms with Crippen molar-refractivity contribution in [1.29, 1.82) is 0 Å². The van der Waals surface area contributed by atoms with Crippen molar-refractivity contribution in [3.63, 3.8) is 0 Å². The maximum atomic E-state index is 12.2. The molecule has 1 aliphatic heterocycles. The topological polar surface area (TPSA) is 78.5 Å². The summed E-state index contributed by atoms with van der Waals surface area (Å²) in [5.41, 5.74) is 1.38. The van der Waals surface area contributed by atoms with Crippen LogP contribution in [0, 0.1) is 0 Å². The molecule has 0 bridgehead atoms. The molecule has 2 aromatic rings. The molecule has 7 heteroatoms. The van der Waals surface area contributed by atoms with Gasteiger partial charge in [-0.25, -0.2) is 0 Å². The number of nitrogens with zero attached hydrogens (tertiary/aromatic N) is 1. The third kappa shape index (κ3) is 3.97. The molecule has 2 aromatic carbocycles. The predicted octanol–water partition coefficient (Wildman–Crippen LogP) is 3.04. The first-order valence-electron chi connectivity index (χ1n) is 7.82. The lowest BCUT2D eigenvalue weighted by molar-refractivity contribution is -0.132. The van der Waals surface area contributed by atoms with Gasteiger partial charge in [0.15, 0.2) is 0 Å². The van der Waals surface area contributed by atoms with Crippen LogP contribution in [0.5, 0.6) is 0 Å². The van der Waals surface area contributed by atoms with E-state index in [2.05, 4.69) is 10.6 Å². The Balaban J connectivity index is 1.77. The summed E-state index contributed by atoms with van der Waals surface area (Å²) in [5.74, 6) is -1.66. The number of carbonyl (C=O) groups is 3. The molecule has 1 fully saturated rings. The van der Waals surface area contributed by atoms with E-state index in [4.69, 9.17) is 11.6 Å². The molecule has 0 radical (unpaired) electrons. The van der Waals surface area contributed by atoms with Gasteiger partial charge in [-0.2, -0.15) is 0 Å². The highest BCUT2D eigenvalue weighted by molar-refractivity contribution is 6.44. The molecule has 0 unspecified atom stereocenters. The van der Waals surface area contributed by atoms with Crippen LogP contribution in [0.2, 0.25) is 5.02 Å². The van der Waals surface area contributed by atoms with Crippen molar-refractivity contribution in [3.05, 3.63) is 53.6 Å². The van der Waals surface area contributed by atoms with Crippen LogP contribution >= 0.6 is 11.6 Å². The lowest BCUT2D eigenvalue weighted by Crippen LogP contribution is -2.31. The Morgan fingerprint density at radius 1 is 1.00 bits per heavy atom. The van der Waals surface area contributed by atoms with E-state index in [0.29, 0.717) is 35.1 Å². The summed E-state index contributed by atoms with van der Waals surface area (Å²) in [5, 5.41) is 5.45. The second kappa shape index (κ2) is 7.36. The number of rotatable bonds is 3. The predicted molar refractivity (Wildman–Crippen MR) is 96.7 cm³/mol. The Morgan fingerprint density at radius 2 is 1.72 bits per heavy atom. The van der Waals surface area contributed by atoms with Crippen LogP contribution in [0.15, 0.2) is 48.5 Å². The summed E-state index contributed by atoms with van der Waals surface area (Å²) < 4.78 is 0. The maximum absolute atomic E-state index is 12.2. The third-order valence-electron chi connectivity index (χ3n) is 3.81. The van der Waals surface area contributed by atoms with Gasteiger partial charge in [0, 0.05) is 23.7 Å². The van der Waals surface area contributed by atoms with E-state index in [0.717, 1.165) is 6.42 Å². The summed E-state index contributed by atoms with van der Waals surface area (Å²) in [4.78, 5) is 37.8. The Labute approximate surface area is 149 Å². The molecule has 0 aliphatic carbocycles. The fraction of sp³-hybridized carbons (Fsp3) is 0.167. The monoisotopic (exact) mass is 357 g/mol. The first-order valence-corrected chi connectivity index (χ1v) is 8.20. The van der Waals surface area contributed by atoms with Gasteiger partial charge in [-0.3, -0.25) is 14.4 Å². The molecule has 3 rings (SSSR count). The largest absolute Gasteiger partial charge is 0.318 e. The summed E-state index contributed by atoms with van der Waals surface area (Å²) in [6.45, 7) is 0.569. The fourth-order valence-corrected chi connectivity index (χ4v) is 2.81. The Kier molecular flexibility index (Phi) is 5.00. The van der Waals surface area contributed by atoms with Gasteiger partial charge >= 0.3 is 11.8 Å². The molecule has 3 amide bonds. The van der Waals surface area contributed by atoms with Gasteiger partial charge in [0.05, 0.1) is 11.4 Å². The SMILES string of the molecule is O=C(Nc1ccccc1)C(=O)Nc1cc(Cl)ccc1N1CCCC1=O. The molecule has 0 saturated carbocycles. The fourth-order valence-electron chi connectivity index (χ4n) is 2.64. The standard InChI is InChI=1S/C18H16ClN3O3/c19-12-8-9-15(22-10-4-7-16(22)23)14(11-12)21-18(25)17(24)20-13-5-2-1-3-6-13/h1-3,5-6,8-9,11H,4,7,10H2,(H,20,24)(H,21,25). The second-order valence-electron chi connectivity index (χ2n) is 5.58. The normalized spacial score (nSPS) is 13.6. The van der Waals surface area contributed by atoms with E-state index in [1.54, 1.807) is 47.4 Å². The van der Waals surface area contributed by atoms with Gasteiger partial charge < -0.3 is 15.5 Å². The first kappa shape index (κ1) is 17.0. The van der Waals surface area contributed by atoms with Crippen LogP contribution in [0.4, 0.5) is 17.1 Å². The molecule has 25 heavy (non-hydrogen) atoms. The molecule has 128 valence electrons. The number of hydrogen-bond donors (Lipinski definition) is 2. The molecular weight excluding hydrogens is 342 g/mol. The van der Waals surface area contributed by atoms with E-state index in [1.807, 2.05) is 0 Å². The lowest BCUT2D eigenvalue weighted by atomic mass is 10.2. The van der Waals surface area contributed by atoms with Gasteiger partial charge in [0.25, 0.3) is 0 Å². The third-order valence-corrected chi connectivity index (χ3v) is 4.04. The molecule has 1 saturated heterocycles. The number of amides is 3. The van der Waals surface area contributed by atoms with Crippen molar-refractivity contribution in [1.82, 2.24) is 0 Å². The van der Waals surface area contributed by atoms with Crippen molar-refractivity contribution in [2.24, 2.45) is 0 Å². The van der Waals surface area contributed by atoms with Crippen LogP contribution in [-0.2, 0) is 14.4 Å². The lowest BCUT2D eigenvalue weighted by Gasteiger charge is -2.20. The molecule has 1 heterocycles. The smallest absolute Gasteiger partial charge is 0.314 e. The maximum Gasteiger partial charge on any atom is 0.314 e. The minimum absolute atomic E-state index is 0.0217. The van der Waals surface area contributed by atoms with Gasteiger partial charge in [-0.05, 0) is 36.8 Å². The van der Waals surface area contributed by atoms with Crippen LogP contribution in [0.25, 0.3) is 0 Å². The van der Waals surface area contributed by atoms with Gasteiger partial charge in [-0.1, -0.05) is 29.8 Å². The first-order chi connectivity index (χ1) is 12.0. The summed E-state index contributed by atoms with van der Waals surface area (Å²) in [7, 11) is 0. The van der Waals surface area contributed by atoms with Gasteiger partial charge in [-0.15, -0.1) is 0 Å². The van der Waals surface area contributed by atoms with Crippen LogP contribution in [0.3, 0.4) is 0 Å². The highest BCUT2D eigenvalue weighted by Crippen LogP contribution is 2.32. The number of hydrogen-bond acceptors (Lipinski definition) is 3. The summed E-state index contributed by atoms with van der Waals surface area (Å²) in [6.07, 6.45) is 1.22. The van der Waals surface area contributed by atoms with E-state index < -0.39 is 11.8 Å². The van der Waals surface area contributed by atoms with Crippen molar-refractivity contribution in [3.8, 4) is 0 Å². The highest BCUT2D eigenvalue weighted by Gasteiger charge is 2.25. The molecule has 0 aromatic heterocycles. The zero-order valence-electron chi connectivity index (χ0n) is 13.3. The van der Waals surface area contributed by atoms with Crippen LogP contribution in [-0.4, -0.2) is 24.3 Å². The van der Waals surface area contributed by atoms with Crippen LogP contribution < -0.4 is 15.5 Å². The Morgan fingerprint density at radius 3 is 2.40 bits per heavy atom. The Hall–Kier alpha value is -2.86. The number of para-hydroxylation sites is 1. The second-order valence-corrected chi connectivity index (χ2v) is 6.02. The number of benzene rings is 2. The summed E-state index contributed by atoms with van der Waals surface area (Å²) >= 11 is 6.00. The number of carbonyl (C=O) groups excluding carboxylic acids is 3. The van der Waals surface area contributed by atoms with Crippen molar-refractivity contribution in [2.75, 3.05) is 22.1 Å². The van der Waals surface area contributed by atoms with E-state index >= 15 is 0 Å². The van der Waals surface area contributed by atoms with Crippen molar-refractivity contribution in [2.45, 2.75) is 12.8 Å². The molecule has 1 aliphatic rings. The number of halogens is 1. The van der Waals surface area contributed by atoms with E-state index in [-0.39, 0.29) is 5.91 Å². The van der Waals surface area contributed by atoms with Gasteiger partial charge in [0.2, 0.25) is 5.91 Å². The van der Waals surface area contributed by atoms with E-state index in [9.17, 15) is 14.4 Å². The van der Waals surface area contributed by atoms with Gasteiger partial charge in [0.1, 0.15) is 0 Å². The molecular formula is C18H16ClN3O3.